The third kappa shape index (κ3) is 3.75. The van der Waals surface area contributed by atoms with Crippen molar-refractivity contribution in [2.75, 3.05) is 30.9 Å². The Bertz CT molecular complexity index is 1380. The molecule has 2 aliphatic heterocycles. The molecule has 0 saturated carbocycles. The Morgan fingerprint density at radius 3 is 2.52 bits per heavy atom. The molecule has 0 unspecified atom stereocenters. The van der Waals surface area contributed by atoms with Gasteiger partial charge in [-0.05, 0) is 48.2 Å². The van der Waals surface area contributed by atoms with Gasteiger partial charge in [0.25, 0.3) is 5.91 Å². The molecule has 33 heavy (non-hydrogen) atoms. The number of benzene rings is 3. The van der Waals surface area contributed by atoms with E-state index in [1.807, 2.05) is 36.1 Å². The predicted octanol–water partition coefficient (Wildman–Crippen LogP) is 4.17. The largest absolute Gasteiger partial charge is 0.454 e. The highest BCUT2D eigenvalue weighted by Gasteiger charge is 2.31. The minimum absolute atomic E-state index is 0.0894. The van der Waals surface area contributed by atoms with E-state index in [2.05, 4.69) is 17.4 Å². The molecule has 8 heteroatoms. The second-order valence-electron chi connectivity index (χ2n) is 8.60. The van der Waals surface area contributed by atoms with Crippen LogP contribution in [0, 0.1) is 6.92 Å². The molecule has 5 rings (SSSR count). The topological polar surface area (TPSA) is 79.0 Å². The number of ether oxygens (including phenoxy) is 1. The van der Waals surface area contributed by atoms with Crippen LogP contribution in [0.2, 0.25) is 0 Å². The molecular weight excluding hydrogens is 438 g/mol. The van der Waals surface area contributed by atoms with E-state index in [0.29, 0.717) is 36.0 Å². The molecule has 3 aromatic carbocycles. The van der Waals surface area contributed by atoms with Gasteiger partial charge in [0.1, 0.15) is 10.6 Å². The van der Waals surface area contributed by atoms with Crippen LogP contribution in [0.5, 0.6) is 11.5 Å². The molecule has 0 fully saturated rings. The smallest absolute Gasteiger partial charge is 0.259 e. The first-order chi connectivity index (χ1) is 15.7. The maximum absolute atomic E-state index is 13.3. The van der Waals surface area contributed by atoms with Gasteiger partial charge in [-0.2, -0.15) is 0 Å². The van der Waals surface area contributed by atoms with E-state index in [9.17, 15) is 13.2 Å². The molecule has 3 aromatic rings. The molecule has 0 atom stereocenters. The van der Waals surface area contributed by atoms with Gasteiger partial charge in [0, 0.05) is 33.3 Å². The maximum atomic E-state index is 13.3. The van der Waals surface area contributed by atoms with E-state index in [-0.39, 0.29) is 10.5 Å². The number of sulfonamides is 1. The van der Waals surface area contributed by atoms with Crippen molar-refractivity contribution in [1.29, 1.82) is 0 Å². The standard InChI is InChI=1S/C25H25N3O4S/c1-16-8-9-22-20(12-16)26-25(29)19-13-24(33(30,31)27(2)3)21(14-23(19)32-22)28-11-10-17-6-4-5-7-18(17)15-28/h4-9,12-14H,10-11,15H2,1-3H3,(H,26,29). The van der Waals surface area contributed by atoms with Gasteiger partial charge < -0.3 is 15.0 Å². The lowest BCUT2D eigenvalue weighted by Gasteiger charge is -2.33. The number of carbonyl (C=O) groups excluding carboxylic acids is 1. The monoisotopic (exact) mass is 463 g/mol. The molecule has 2 heterocycles. The molecule has 7 nitrogen and oxygen atoms in total. The van der Waals surface area contributed by atoms with Gasteiger partial charge in [-0.15, -0.1) is 0 Å². The molecule has 1 amide bonds. The van der Waals surface area contributed by atoms with Gasteiger partial charge in [0.2, 0.25) is 10.0 Å². The van der Waals surface area contributed by atoms with Crippen molar-refractivity contribution >= 4 is 27.3 Å². The fourth-order valence-electron chi connectivity index (χ4n) is 4.30. The first-order valence-corrected chi connectivity index (χ1v) is 12.2. The van der Waals surface area contributed by atoms with Crippen molar-refractivity contribution in [3.63, 3.8) is 0 Å². The number of hydrogen-bond donors (Lipinski definition) is 1. The minimum atomic E-state index is -3.82. The lowest BCUT2D eigenvalue weighted by Crippen LogP contribution is -2.33. The third-order valence-electron chi connectivity index (χ3n) is 6.14. The number of carbonyl (C=O) groups is 1. The van der Waals surface area contributed by atoms with Crippen LogP contribution >= 0.6 is 0 Å². The quantitative estimate of drug-likeness (QED) is 0.631. The van der Waals surface area contributed by atoms with E-state index in [1.165, 1.54) is 30.0 Å². The van der Waals surface area contributed by atoms with Crippen LogP contribution in [0.25, 0.3) is 0 Å². The highest BCUT2D eigenvalue weighted by Crippen LogP contribution is 2.42. The van der Waals surface area contributed by atoms with E-state index >= 15 is 0 Å². The fourth-order valence-corrected chi connectivity index (χ4v) is 5.41. The van der Waals surface area contributed by atoms with Crippen LogP contribution in [0.4, 0.5) is 11.4 Å². The summed E-state index contributed by atoms with van der Waals surface area (Å²) in [7, 11) is -0.838. The van der Waals surface area contributed by atoms with Crippen molar-refractivity contribution in [3.05, 3.63) is 76.9 Å². The Labute approximate surface area is 193 Å². The highest BCUT2D eigenvalue weighted by molar-refractivity contribution is 7.89. The number of anilines is 2. The van der Waals surface area contributed by atoms with Gasteiger partial charge in [-0.1, -0.05) is 30.3 Å². The van der Waals surface area contributed by atoms with Crippen LogP contribution in [0.1, 0.15) is 27.0 Å². The van der Waals surface area contributed by atoms with Crippen LogP contribution in [-0.2, 0) is 23.0 Å². The number of rotatable bonds is 3. The molecule has 0 radical (unpaired) electrons. The normalized spacial score (nSPS) is 15.2. The number of nitrogens with zero attached hydrogens (tertiary/aromatic N) is 2. The number of amides is 1. The minimum Gasteiger partial charge on any atom is -0.454 e. The second-order valence-corrected chi connectivity index (χ2v) is 10.7. The summed E-state index contributed by atoms with van der Waals surface area (Å²) in [6.45, 7) is 3.17. The van der Waals surface area contributed by atoms with E-state index < -0.39 is 15.9 Å². The van der Waals surface area contributed by atoms with Crippen LogP contribution in [-0.4, -0.2) is 39.3 Å². The molecular formula is C25H25N3O4S. The SMILES string of the molecule is Cc1ccc2c(c1)NC(=O)c1cc(S(=O)(=O)N(C)C)c(N3CCc4ccccc4C3)cc1O2. The molecule has 2 aliphatic rings. The average molecular weight is 464 g/mol. The Kier molecular flexibility index (Phi) is 5.14. The summed E-state index contributed by atoms with van der Waals surface area (Å²) >= 11 is 0. The summed E-state index contributed by atoms with van der Waals surface area (Å²) in [5, 5.41) is 2.85. The van der Waals surface area contributed by atoms with Crippen molar-refractivity contribution in [2.45, 2.75) is 24.8 Å². The highest BCUT2D eigenvalue weighted by atomic mass is 32.2. The van der Waals surface area contributed by atoms with Crippen molar-refractivity contribution in [3.8, 4) is 11.5 Å². The van der Waals surface area contributed by atoms with Gasteiger partial charge in [-0.25, -0.2) is 12.7 Å². The lowest BCUT2D eigenvalue weighted by molar-refractivity contribution is 0.102. The summed E-state index contributed by atoms with van der Waals surface area (Å²) in [4.78, 5) is 15.2. The molecule has 1 N–H and O–H groups in total. The van der Waals surface area contributed by atoms with E-state index in [0.717, 1.165) is 17.5 Å². The zero-order valence-electron chi connectivity index (χ0n) is 18.8. The zero-order valence-corrected chi connectivity index (χ0v) is 19.6. The molecule has 0 aliphatic carbocycles. The molecule has 0 bridgehead atoms. The molecule has 170 valence electrons. The van der Waals surface area contributed by atoms with Gasteiger partial charge in [-0.3, -0.25) is 4.79 Å². The van der Waals surface area contributed by atoms with E-state index in [4.69, 9.17) is 4.74 Å². The Morgan fingerprint density at radius 2 is 1.76 bits per heavy atom. The first-order valence-electron chi connectivity index (χ1n) is 10.8. The summed E-state index contributed by atoms with van der Waals surface area (Å²) in [5.41, 5.74) is 4.67. The van der Waals surface area contributed by atoms with Crippen molar-refractivity contribution in [2.24, 2.45) is 0 Å². The van der Waals surface area contributed by atoms with Gasteiger partial charge in [0.05, 0.1) is 16.9 Å². The number of aryl methyl sites for hydroxylation is 1. The summed E-state index contributed by atoms with van der Waals surface area (Å²) in [6, 6.07) is 16.8. The number of nitrogens with one attached hydrogen (secondary N) is 1. The van der Waals surface area contributed by atoms with Gasteiger partial charge in [0.15, 0.2) is 5.75 Å². The van der Waals surface area contributed by atoms with Crippen LogP contribution in [0.3, 0.4) is 0 Å². The lowest BCUT2D eigenvalue weighted by atomic mass is 9.99. The van der Waals surface area contributed by atoms with Crippen LogP contribution < -0.4 is 15.0 Å². The molecule has 0 aromatic heterocycles. The number of hydrogen-bond acceptors (Lipinski definition) is 5. The van der Waals surface area contributed by atoms with E-state index in [1.54, 1.807) is 12.1 Å². The first kappa shape index (κ1) is 21.5. The van der Waals surface area contributed by atoms with Crippen molar-refractivity contribution < 1.29 is 17.9 Å². The summed E-state index contributed by atoms with van der Waals surface area (Å²) in [5.74, 6) is 0.452. The fraction of sp³-hybridized carbons (Fsp3) is 0.240. The Hall–Kier alpha value is -3.36. The maximum Gasteiger partial charge on any atom is 0.259 e. The van der Waals surface area contributed by atoms with Gasteiger partial charge >= 0.3 is 0 Å². The molecule has 0 spiro atoms. The van der Waals surface area contributed by atoms with Crippen LogP contribution in [0.15, 0.2) is 59.5 Å². The zero-order chi connectivity index (χ0) is 23.3. The third-order valence-corrected chi connectivity index (χ3v) is 7.98. The average Bonchev–Trinajstić information content (AvgIpc) is 2.92. The van der Waals surface area contributed by atoms with Crippen molar-refractivity contribution in [1.82, 2.24) is 4.31 Å². The second kappa shape index (κ2) is 7.90. The number of fused-ring (bicyclic) bond motifs is 3. The summed E-state index contributed by atoms with van der Waals surface area (Å²) in [6.07, 6.45) is 0.804. The predicted molar refractivity (Wildman–Crippen MR) is 128 cm³/mol. The Morgan fingerprint density at radius 1 is 1.00 bits per heavy atom. The summed E-state index contributed by atoms with van der Waals surface area (Å²) < 4.78 is 33.9. The molecule has 0 saturated heterocycles. The Balaban J connectivity index is 1.67.